The first-order chi connectivity index (χ1) is 8.92. The fourth-order valence-corrected chi connectivity index (χ4v) is 3.25. The predicted octanol–water partition coefficient (Wildman–Crippen LogP) is 4.18. The Morgan fingerprint density at radius 1 is 1.42 bits per heavy atom. The summed E-state index contributed by atoms with van der Waals surface area (Å²) in [4.78, 5) is 15.5. The van der Waals surface area contributed by atoms with Crippen LogP contribution in [-0.4, -0.2) is 23.5 Å². The first kappa shape index (κ1) is 14.4. The van der Waals surface area contributed by atoms with Crippen LogP contribution in [-0.2, 0) is 0 Å². The molecule has 1 unspecified atom stereocenters. The van der Waals surface area contributed by atoms with E-state index in [1.54, 1.807) is 0 Å². The summed E-state index contributed by atoms with van der Waals surface area (Å²) in [6.45, 7) is 9.53. The molecule has 1 atom stereocenters. The average molecular weight is 280 g/mol. The van der Waals surface area contributed by atoms with E-state index in [1.807, 2.05) is 16.3 Å². The van der Waals surface area contributed by atoms with Gasteiger partial charge in [0.2, 0.25) is 0 Å². The minimum absolute atomic E-state index is 0.122. The van der Waals surface area contributed by atoms with E-state index in [4.69, 9.17) is 0 Å². The van der Waals surface area contributed by atoms with Gasteiger partial charge in [0.05, 0.1) is 5.69 Å². The number of rotatable bonds is 4. The lowest BCUT2D eigenvalue weighted by Gasteiger charge is -2.40. The van der Waals surface area contributed by atoms with Crippen molar-refractivity contribution in [1.29, 1.82) is 0 Å². The second kappa shape index (κ2) is 5.53. The minimum atomic E-state index is 0.122. The summed E-state index contributed by atoms with van der Waals surface area (Å²) < 4.78 is 0. The standard InChI is InChI=1S/C15H24N2OS/c1-5-6-7-12-16-11-8-9-19-13(11)14(18)17(12)10-15(2,3)4/h8-9,12,16H,5-7,10H2,1-4H3. The summed E-state index contributed by atoms with van der Waals surface area (Å²) in [5.74, 6) is 0.194. The van der Waals surface area contributed by atoms with E-state index in [0.717, 1.165) is 36.4 Å². The van der Waals surface area contributed by atoms with Crippen LogP contribution in [0.15, 0.2) is 11.4 Å². The number of carbonyl (C=O) groups is 1. The molecule has 0 aromatic carbocycles. The van der Waals surface area contributed by atoms with Crippen LogP contribution in [0.2, 0.25) is 0 Å². The maximum atomic E-state index is 12.6. The summed E-state index contributed by atoms with van der Waals surface area (Å²) in [5.41, 5.74) is 1.14. The Balaban J connectivity index is 2.22. The second-order valence-corrected chi connectivity index (χ2v) is 7.38. The molecule has 1 aromatic rings. The molecular weight excluding hydrogens is 256 g/mol. The van der Waals surface area contributed by atoms with Gasteiger partial charge < -0.3 is 10.2 Å². The first-order valence-corrected chi connectivity index (χ1v) is 7.95. The smallest absolute Gasteiger partial charge is 0.267 e. The van der Waals surface area contributed by atoms with Crippen LogP contribution in [0.25, 0.3) is 0 Å². The van der Waals surface area contributed by atoms with Crippen LogP contribution in [0, 0.1) is 5.41 Å². The van der Waals surface area contributed by atoms with E-state index in [2.05, 4.69) is 33.0 Å². The molecule has 0 aliphatic carbocycles. The zero-order chi connectivity index (χ0) is 14.0. The van der Waals surface area contributed by atoms with Crippen molar-refractivity contribution < 1.29 is 4.79 Å². The van der Waals surface area contributed by atoms with Crippen molar-refractivity contribution >= 4 is 22.9 Å². The monoisotopic (exact) mass is 280 g/mol. The number of hydrogen-bond donors (Lipinski definition) is 1. The van der Waals surface area contributed by atoms with Gasteiger partial charge in [0.25, 0.3) is 5.91 Å². The molecule has 1 aliphatic rings. The van der Waals surface area contributed by atoms with Crippen LogP contribution in [0.4, 0.5) is 5.69 Å². The Morgan fingerprint density at radius 3 is 2.79 bits per heavy atom. The normalized spacial score (nSPS) is 19.3. The number of amides is 1. The van der Waals surface area contributed by atoms with Gasteiger partial charge >= 0.3 is 0 Å². The molecule has 0 radical (unpaired) electrons. The minimum Gasteiger partial charge on any atom is -0.364 e. The Morgan fingerprint density at radius 2 is 2.16 bits per heavy atom. The van der Waals surface area contributed by atoms with Crippen LogP contribution in [0.5, 0.6) is 0 Å². The van der Waals surface area contributed by atoms with Gasteiger partial charge in [-0.3, -0.25) is 4.79 Å². The number of fused-ring (bicyclic) bond motifs is 1. The van der Waals surface area contributed by atoms with Crippen LogP contribution >= 0.6 is 11.3 Å². The topological polar surface area (TPSA) is 32.3 Å². The summed E-state index contributed by atoms with van der Waals surface area (Å²) in [6, 6.07) is 2.02. The molecule has 2 rings (SSSR count). The van der Waals surface area contributed by atoms with Crippen molar-refractivity contribution in [3.05, 3.63) is 16.3 Å². The molecule has 0 bridgehead atoms. The van der Waals surface area contributed by atoms with E-state index in [1.165, 1.54) is 11.3 Å². The second-order valence-electron chi connectivity index (χ2n) is 6.46. The highest BCUT2D eigenvalue weighted by atomic mass is 32.1. The van der Waals surface area contributed by atoms with Crippen molar-refractivity contribution in [2.75, 3.05) is 11.9 Å². The Labute approximate surface area is 120 Å². The molecule has 2 heterocycles. The van der Waals surface area contributed by atoms with E-state index in [-0.39, 0.29) is 17.5 Å². The van der Waals surface area contributed by atoms with Crippen LogP contribution < -0.4 is 5.32 Å². The molecule has 1 amide bonds. The SMILES string of the molecule is CCCCC1Nc2ccsc2C(=O)N1CC(C)(C)C. The molecule has 3 nitrogen and oxygen atoms in total. The molecule has 1 aliphatic heterocycles. The summed E-state index contributed by atoms with van der Waals surface area (Å²) in [5, 5.41) is 5.52. The molecule has 0 saturated carbocycles. The molecular formula is C15H24N2OS. The number of thiophene rings is 1. The lowest BCUT2D eigenvalue weighted by Crippen LogP contribution is -2.51. The zero-order valence-corrected chi connectivity index (χ0v) is 13.1. The molecule has 1 aromatic heterocycles. The van der Waals surface area contributed by atoms with Gasteiger partial charge in [-0.25, -0.2) is 0 Å². The fraction of sp³-hybridized carbons (Fsp3) is 0.667. The summed E-state index contributed by atoms with van der Waals surface area (Å²) >= 11 is 1.54. The molecule has 0 spiro atoms. The summed E-state index contributed by atoms with van der Waals surface area (Å²) in [6.07, 6.45) is 3.47. The third-order valence-electron chi connectivity index (χ3n) is 3.29. The average Bonchev–Trinajstić information content (AvgIpc) is 2.77. The fourth-order valence-electron chi connectivity index (χ4n) is 2.44. The molecule has 106 valence electrons. The van der Waals surface area contributed by atoms with E-state index in [9.17, 15) is 4.79 Å². The number of hydrogen-bond acceptors (Lipinski definition) is 3. The Bertz CT molecular complexity index is 447. The van der Waals surface area contributed by atoms with Gasteiger partial charge in [-0.05, 0) is 29.7 Å². The van der Waals surface area contributed by atoms with Crippen LogP contribution in [0.3, 0.4) is 0 Å². The van der Waals surface area contributed by atoms with Crippen molar-refractivity contribution in [3.63, 3.8) is 0 Å². The first-order valence-electron chi connectivity index (χ1n) is 7.07. The van der Waals surface area contributed by atoms with E-state index >= 15 is 0 Å². The molecule has 0 saturated heterocycles. The largest absolute Gasteiger partial charge is 0.364 e. The van der Waals surface area contributed by atoms with Gasteiger partial charge in [-0.1, -0.05) is 34.1 Å². The van der Waals surface area contributed by atoms with Gasteiger partial charge in [-0.2, -0.15) is 0 Å². The number of nitrogens with one attached hydrogen (secondary N) is 1. The van der Waals surface area contributed by atoms with E-state index < -0.39 is 0 Å². The lowest BCUT2D eigenvalue weighted by atomic mass is 9.94. The highest BCUT2D eigenvalue weighted by Gasteiger charge is 2.34. The number of nitrogens with zero attached hydrogens (tertiary/aromatic N) is 1. The predicted molar refractivity (Wildman–Crippen MR) is 81.7 cm³/mol. The van der Waals surface area contributed by atoms with Crippen molar-refractivity contribution in [2.45, 2.75) is 53.1 Å². The van der Waals surface area contributed by atoms with Crippen molar-refractivity contribution in [1.82, 2.24) is 4.90 Å². The molecule has 0 fully saturated rings. The van der Waals surface area contributed by atoms with Gasteiger partial charge in [0.15, 0.2) is 0 Å². The van der Waals surface area contributed by atoms with Gasteiger partial charge in [-0.15, -0.1) is 11.3 Å². The zero-order valence-electron chi connectivity index (χ0n) is 12.3. The maximum absolute atomic E-state index is 12.6. The number of unbranched alkanes of at least 4 members (excludes halogenated alkanes) is 1. The quantitative estimate of drug-likeness (QED) is 0.897. The molecule has 19 heavy (non-hydrogen) atoms. The molecule has 1 N–H and O–H groups in total. The van der Waals surface area contributed by atoms with Crippen LogP contribution in [0.1, 0.15) is 56.6 Å². The maximum Gasteiger partial charge on any atom is 0.267 e. The van der Waals surface area contributed by atoms with Crippen molar-refractivity contribution in [2.24, 2.45) is 5.41 Å². The van der Waals surface area contributed by atoms with E-state index in [0.29, 0.717) is 0 Å². The highest BCUT2D eigenvalue weighted by Crippen LogP contribution is 2.33. The number of carbonyl (C=O) groups excluding carboxylic acids is 1. The number of anilines is 1. The molecule has 4 heteroatoms. The third kappa shape index (κ3) is 3.30. The highest BCUT2D eigenvalue weighted by molar-refractivity contribution is 7.12. The lowest BCUT2D eigenvalue weighted by molar-refractivity contribution is 0.0601. The van der Waals surface area contributed by atoms with Crippen molar-refractivity contribution in [3.8, 4) is 0 Å². The van der Waals surface area contributed by atoms with Gasteiger partial charge in [0, 0.05) is 6.54 Å². The summed E-state index contributed by atoms with van der Waals surface area (Å²) in [7, 11) is 0. The van der Waals surface area contributed by atoms with Gasteiger partial charge in [0.1, 0.15) is 11.0 Å². The third-order valence-corrected chi connectivity index (χ3v) is 4.20. The Hall–Kier alpha value is -1.03. The Kier molecular flexibility index (Phi) is 4.19.